The van der Waals surface area contributed by atoms with Crippen molar-refractivity contribution in [3.8, 4) is 5.75 Å². The monoisotopic (exact) mass is 282 g/mol. The number of esters is 2. The molecule has 1 aliphatic heterocycles. The van der Waals surface area contributed by atoms with Crippen LogP contribution in [0.5, 0.6) is 5.75 Å². The molecule has 1 heterocycles. The Morgan fingerprint density at radius 1 is 1.14 bits per heavy atom. The zero-order valence-electron chi connectivity index (χ0n) is 11.0. The number of ketones is 1. The number of hydrogen-bond donors (Lipinski definition) is 1. The Hall–Kier alpha value is -2.95. The molecule has 2 aromatic rings. The summed E-state index contributed by atoms with van der Waals surface area (Å²) in [4.78, 5) is 34.6. The van der Waals surface area contributed by atoms with Crippen molar-refractivity contribution in [3.63, 3.8) is 0 Å². The van der Waals surface area contributed by atoms with Gasteiger partial charge in [-0.25, -0.2) is 9.59 Å². The van der Waals surface area contributed by atoms with Crippen LogP contribution in [0.15, 0.2) is 36.4 Å². The van der Waals surface area contributed by atoms with Gasteiger partial charge in [0.2, 0.25) is 0 Å². The Morgan fingerprint density at radius 3 is 2.38 bits per heavy atom. The van der Waals surface area contributed by atoms with Gasteiger partial charge in [-0.3, -0.25) is 4.79 Å². The second kappa shape index (κ2) is 4.56. The molecule has 0 amide bonds. The number of ether oxygens (including phenoxy) is 1. The molecule has 0 aromatic heterocycles. The summed E-state index contributed by atoms with van der Waals surface area (Å²) in [6.45, 7) is 1.32. The van der Waals surface area contributed by atoms with Crippen molar-refractivity contribution in [2.45, 2.75) is 6.92 Å². The van der Waals surface area contributed by atoms with Crippen LogP contribution >= 0.6 is 0 Å². The van der Waals surface area contributed by atoms with Crippen LogP contribution in [0.1, 0.15) is 22.8 Å². The summed E-state index contributed by atoms with van der Waals surface area (Å²) in [5.41, 5.74) is 0.569. The first-order valence-electron chi connectivity index (χ1n) is 6.23. The number of phenolic OH excluding ortho intramolecular Hbond substituents is 1. The molecule has 0 saturated carbocycles. The second-order valence-electron chi connectivity index (χ2n) is 4.69. The van der Waals surface area contributed by atoms with Gasteiger partial charge in [-0.1, -0.05) is 24.3 Å². The quantitative estimate of drug-likeness (QED) is 0.519. The number of rotatable bonds is 2. The van der Waals surface area contributed by atoms with E-state index in [0.29, 0.717) is 16.3 Å². The molecule has 0 radical (unpaired) electrons. The predicted octanol–water partition coefficient (Wildman–Crippen LogP) is 2.21. The Morgan fingerprint density at radius 2 is 1.81 bits per heavy atom. The van der Waals surface area contributed by atoms with E-state index in [1.807, 2.05) is 0 Å². The first-order chi connectivity index (χ1) is 9.99. The maximum atomic E-state index is 11.7. The molecule has 0 unspecified atom stereocenters. The van der Waals surface area contributed by atoms with Crippen LogP contribution < -0.4 is 0 Å². The molecule has 1 N–H and O–H groups in total. The Kier molecular flexibility index (Phi) is 2.83. The smallest absolute Gasteiger partial charge is 0.346 e. The van der Waals surface area contributed by atoms with E-state index in [2.05, 4.69) is 4.74 Å². The molecule has 0 bridgehead atoms. The SMILES string of the molecule is CC(=O)c1cc(C2=CC(=O)OC2=O)c2ccccc2c1O. The molecular weight excluding hydrogens is 272 g/mol. The maximum absolute atomic E-state index is 11.7. The number of hydrogen-bond acceptors (Lipinski definition) is 5. The Labute approximate surface area is 119 Å². The van der Waals surface area contributed by atoms with Crippen molar-refractivity contribution in [1.82, 2.24) is 0 Å². The van der Waals surface area contributed by atoms with E-state index in [1.165, 1.54) is 13.0 Å². The average molecular weight is 282 g/mol. The first-order valence-corrected chi connectivity index (χ1v) is 6.23. The lowest BCUT2D eigenvalue weighted by Gasteiger charge is -2.11. The zero-order valence-corrected chi connectivity index (χ0v) is 11.0. The van der Waals surface area contributed by atoms with Gasteiger partial charge >= 0.3 is 11.9 Å². The lowest BCUT2D eigenvalue weighted by Crippen LogP contribution is -2.03. The van der Waals surface area contributed by atoms with Crippen LogP contribution in [0.4, 0.5) is 0 Å². The third kappa shape index (κ3) is 1.99. The van der Waals surface area contributed by atoms with Crippen LogP contribution in [-0.2, 0) is 14.3 Å². The van der Waals surface area contributed by atoms with Gasteiger partial charge in [0, 0.05) is 11.5 Å². The molecule has 5 nitrogen and oxygen atoms in total. The number of carbonyl (C=O) groups excluding carboxylic acids is 3. The van der Waals surface area contributed by atoms with Gasteiger partial charge in [0.05, 0.1) is 11.1 Å². The summed E-state index contributed by atoms with van der Waals surface area (Å²) >= 11 is 0. The second-order valence-corrected chi connectivity index (χ2v) is 4.69. The highest BCUT2D eigenvalue weighted by atomic mass is 16.6. The predicted molar refractivity (Wildman–Crippen MR) is 74.7 cm³/mol. The minimum absolute atomic E-state index is 0.0821. The largest absolute Gasteiger partial charge is 0.507 e. The van der Waals surface area contributed by atoms with Crippen molar-refractivity contribution in [1.29, 1.82) is 0 Å². The van der Waals surface area contributed by atoms with Gasteiger partial charge < -0.3 is 9.84 Å². The highest BCUT2D eigenvalue weighted by Crippen LogP contribution is 2.36. The Balaban J connectivity index is 2.40. The number of fused-ring (bicyclic) bond motifs is 1. The summed E-state index contributed by atoms with van der Waals surface area (Å²) in [5.74, 6) is -1.97. The fraction of sp³-hybridized carbons (Fsp3) is 0.0625. The van der Waals surface area contributed by atoms with E-state index in [1.54, 1.807) is 24.3 Å². The van der Waals surface area contributed by atoms with Crippen LogP contribution in [-0.4, -0.2) is 22.8 Å². The summed E-state index contributed by atoms with van der Waals surface area (Å²) in [5, 5.41) is 11.2. The third-order valence-electron chi connectivity index (χ3n) is 3.36. The van der Waals surface area contributed by atoms with E-state index in [0.717, 1.165) is 6.08 Å². The molecule has 21 heavy (non-hydrogen) atoms. The minimum Gasteiger partial charge on any atom is -0.507 e. The van der Waals surface area contributed by atoms with E-state index >= 15 is 0 Å². The summed E-state index contributed by atoms with van der Waals surface area (Å²) in [6, 6.07) is 8.20. The first kappa shape index (κ1) is 13.1. The number of phenols is 1. The highest BCUT2D eigenvalue weighted by Gasteiger charge is 2.28. The molecule has 104 valence electrons. The zero-order chi connectivity index (χ0) is 15.1. The highest BCUT2D eigenvalue weighted by molar-refractivity contribution is 6.31. The van der Waals surface area contributed by atoms with Crippen molar-refractivity contribution in [3.05, 3.63) is 47.5 Å². The number of cyclic esters (lactones) is 2. The van der Waals surface area contributed by atoms with Gasteiger partial charge in [-0.15, -0.1) is 0 Å². The molecule has 5 heteroatoms. The van der Waals surface area contributed by atoms with Crippen LogP contribution in [0.2, 0.25) is 0 Å². The van der Waals surface area contributed by atoms with E-state index < -0.39 is 11.9 Å². The van der Waals surface area contributed by atoms with Gasteiger partial charge in [-0.05, 0) is 23.9 Å². The van der Waals surface area contributed by atoms with Crippen molar-refractivity contribution in [2.24, 2.45) is 0 Å². The van der Waals surface area contributed by atoms with E-state index in [-0.39, 0.29) is 22.7 Å². The van der Waals surface area contributed by atoms with Gasteiger partial charge in [-0.2, -0.15) is 0 Å². The fourth-order valence-electron chi connectivity index (χ4n) is 2.39. The van der Waals surface area contributed by atoms with Crippen molar-refractivity contribution < 1.29 is 24.2 Å². The molecule has 0 fully saturated rings. The van der Waals surface area contributed by atoms with Crippen LogP contribution in [0.3, 0.4) is 0 Å². The molecule has 0 saturated heterocycles. The van der Waals surface area contributed by atoms with Crippen molar-refractivity contribution in [2.75, 3.05) is 0 Å². The third-order valence-corrected chi connectivity index (χ3v) is 3.36. The lowest BCUT2D eigenvalue weighted by atomic mass is 9.93. The summed E-state index contributed by atoms with van der Waals surface area (Å²) < 4.78 is 4.49. The standard InChI is InChI=1S/C16H10O5/c1-8(17)11-6-12(13-7-14(18)21-16(13)20)9-4-2-3-5-10(9)15(11)19/h2-7,19H,1H3. The maximum Gasteiger partial charge on any atom is 0.346 e. The molecule has 0 aliphatic carbocycles. The van der Waals surface area contributed by atoms with E-state index in [9.17, 15) is 19.5 Å². The van der Waals surface area contributed by atoms with Gasteiger partial charge in [0.1, 0.15) is 5.75 Å². The molecule has 1 aliphatic rings. The molecule has 3 rings (SSSR count). The number of carbonyl (C=O) groups is 3. The Bertz CT molecular complexity index is 845. The molecule has 2 aromatic carbocycles. The van der Waals surface area contributed by atoms with Gasteiger partial charge in [0.25, 0.3) is 0 Å². The number of aromatic hydroxyl groups is 1. The molecule has 0 atom stereocenters. The molecule has 0 spiro atoms. The minimum atomic E-state index is -0.759. The fourth-order valence-corrected chi connectivity index (χ4v) is 2.39. The average Bonchev–Trinajstić information content (AvgIpc) is 2.78. The summed E-state index contributed by atoms with van der Waals surface area (Å²) in [6.07, 6.45) is 1.09. The topological polar surface area (TPSA) is 80.7 Å². The number of Topliss-reactive ketones (excluding diaryl/α,β-unsaturated/α-hetero) is 1. The van der Waals surface area contributed by atoms with Crippen LogP contribution in [0.25, 0.3) is 16.3 Å². The van der Waals surface area contributed by atoms with E-state index in [4.69, 9.17) is 0 Å². The van der Waals surface area contributed by atoms with Crippen molar-refractivity contribution >= 4 is 34.1 Å². The van der Waals surface area contributed by atoms with Gasteiger partial charge in [0.15, 0.2) is 5.78 Å². The number of benzene rings is 2. The normalized spacial score (nSPS) is 14.2. The van der Waals surface area contributed by atoms with Crippen LogP contribution in [0, 0.1) is 0 Å². The lowest BCUT2D eigenvalue weighted by molar-refractivity contribution is -0.149. The summed E-state index contributed by atoms with van der Waals surface area (Å²) in [7, 11) is 0. The molecular formula is C16H10O5.